The number of benzene rings is 1. The van der Waals surface area contributed by atoms with Gasteiger partial charge in [0.1, 0.15) is 0 Å². The van der Waals surface area contributed by atoms with Gasteiger partial charge in [-0.1, -0.05) is 0 Å². The number of sulfonamides is 1. The highest BCUT2D eigenvalue weighted by Crippen LogP contribution is 2.29. The van der Waals surface area contributed by atoms with Gasteiger partial charge >= 0.3 is 0 Å². The molecule has 0 bridgehead atoms. The molecule has 4 nitrogen and oxygen atoms in total. The molecular weight excluding hydrogens is 224 g/mol. The molecule has 0 aliphatic heterocycles. The van der Waals surface area contributed by atoms with Gasteiger partial charge in [-0.25, -0.2) is 8.42 Å². The summed E-state index contributed by atoms with van der Waals surface area (Å²) in [5.41, 5.74) is 1.69. The molecule has 0 amide bonds. The summed E-state index contributed by atoms with van der Waals surface area (Å²) >= 11 is 0. The van der Waals surface area contributed by atoms with Crippen LogP contribution in [0.25, 0.3) is 0 Å². The number of nitrogens with zero attached hydrogens (tertiary/aromatic N) is 1. The first-order chi connectivity index (χ1) is 7.49. The summed E-state index contributed by atoms with van der Waals surface area (Å²) in [6.45, 7) is 0. The van der Waals surface area contributed by atoms with Crippen molar-refractivity contribution in [3.63, 3.8) is 0 Å². The molecule has 1 aliphatic rings. The van der Waals surface area contributed by atoms with Gasteiger partial charge in [0.25, 0.3) is 0 Å². The number of hydrogen-bond acceptors (Lipinski definition) is 3. The Kier molecular flexibility index (Phi) is 2.80. The molecule has 16 heavy (non-hydrogen) atoms. The van der Waals surface area contributed by atoms with E-state index in [0.29, 0.717) is 5.69 Å². The molecule has 0 unspecified atom stereocenters. The van der Waals surface area contributed by atoms with E-state index in [1.165, 1.54) is 0 Å². The second kappa shape index (κ2) is 3.97. The Balaban J connectivity index is 2.10. The molecule has 2 rings (SSSR count). The van der Waals surface area contributed by atoms with Crippen LogP contribution in [0.5, 0.6) is 0 Å². The van der Waals surface area contributed by atoms with E-state index >= 15 is 0 Å². The lowest BCUT2D eigenvalue weighted by Gasteiger charge is -2.13. The van der Waals surface area contributed by atoms with E-state index in [-0.39, 0.29) is 5.25 Å². The molecule has 1 N–H and O–H groups in total. The van der Waals surface area contributed by atoms with Crippen LogP contribution in [0.2, 0.25) is 0 Å². The molecule has 1 aromatic carbocycles. The monoisotopic (exact) mass is 240 g/mol. The van der Waals surface area contributed by atoms with E-state index in [0.717, 1.165) is 18.5 Å². The summed E-state index contributed by atoms with van der Waals surface area (Å²) in [4.78, 5) is 1.97. The predicted molar refractivity (Wildman–Crippen MR) is 66.3 cm³/mol. The van der Waals surface area contributed by atoms with E-state index < -0.39 is 10.0 Å². The molecule has 5 heteroatoms. The van der Waals surface area contributed by atoms with Crippen molar-refractivity contribution in [2.45, 2.75) is 18.1 Å². The lowest BCUT2D eigenvalue weighted by Crippen LogP contribution is -2.17. The van der Waals surface area contributed by atoms with Gasteiger partial charge in [-0.2, -0.15) is 0 Å². The highest BCUT2D eigenvalue weighted by atomic mass is 32.2. The van der Waals surface area contributed by atoms with E-state index in [1.807, 2.05) is 31.1 Å². The minimum atomic E-state index is -3.14. The van der Waals surface area contributed by atoms with Crippen molar-refractivity contribution < 1.29 is 8.42 Å². The SMILES string of the molecule is CN(C)c1ccc(NS(=O)(=O)C2CC2)cc1. The maximum Gasteiger partial charge on any atom is 0.235 e. The van der Waals surface area contributed by atoms with Gasteiger partial charge in [-0.15, -0.1) is 0 Å². The van der Waals surface area contributed by atoms with Crippen LogP contribution in [0.4, 0.5) is 11.4 Å². The maximum absolute atomic E-state index is 11.7. The molecule has 0 aromatic heterocycles. The fourth-order valence-corrected chi connectivity index (χ4v) is 2.84. The van der Waals surface area contributed by atoms with Crippen molar-refractivity contribution in [1.29, 1.82) is 0 Å². The quantitative estimate of drug-likeness (QED) is 0.870. The highest BCUT2D eigenvalue weighted by Gasteiger charge is 2.35. The molecule has 0 spiro atoms. The maximum atomic E-state index is 11.7. The molecular formula is C11H16N2O2S. The Morgan fingerprint density at radius 3 is 2.19 bits per heavy atom. The number of rotatable bonds is 4. The average Bonchev–Trinajstić information content (AvgIpc) is 3.01. The Bertz CT molecular complexity index is 461. The van der Waals surface area contributed by atoms with Gasteiger partial charge in [-0.3, -0.25) is 4.72 Å². The first-order valence-corrected chi connectivity index (χ1v) is 6.83. The second-order valence-corrected chi connectivity index (χ2v) is 6.25. The lowest BCUT2D eigenvalue weighted by molar-refractivity contribution is 0.600. The molecule has 88 valence electrons. The summed E-state index contributed by atoms with van der Waals surface area (Å²) in [7, 11) is 0.759. The van der Waals surface area contributed by atoms with Gasteiger partial charge in [0.05, 0.1) is 5.25 Å². The molecule has 0 heterocycles. The minimum Gasteiger partial charge on any atom is -0.378 e. The van der Waals surface area contributed by atoms with E-state index in [1.54, 1.807) is 12.1 Å². The van der Waals surface area contributed by atoms with Crippen LogP contribution in [0.3, 0.4) is 0 Å². The van der Waals surface area contributed by atoms with Gasteiger partial charge in [0.15, 0.2) is 0 Å². The van der Waals surface area contributed by atoms with Crippen molar-refractivity contribution in [2.75, 3.05) is 23.7 Å². The zero-order chi connectivity index (χ0) is 11.8. The fourth-order valence-electron chi connectivity index (χ4n) is 1.45. The lowest BCUT2D eigenvalue weighted by atomic mass is 10.3. The molecule has 0 saturated heterocycles. The summed E-state index contributed by atoms with van der Waals surface area (Å²) in [6, 6.07) is 7.36. The first kappa shape index (κ1) is 11.3. The van der Waals surface area contributed by atoms with Crippen LogP contribution >= 0.6 is 0 Å². The molecule has 1 aromatic rings. The van der Waals surface area contributed by atoms with Gasteiger partial charge < -0.3 is 4.90 Å². The number of anilines is 2. The van der Waals surface area contributed by atoms with Crippen LogP contribution in [-0.4, -0.2) is 27.8 Å². The van der Waals surface area contributed by atoms with Crippen molar-refractivity contribution in [1.82, 2.24) is 0 Å². The zero-order valence-electron chi connectivity index (χ0n) is 9.47. The van der Waals surface area contributed by atoms with Crippen LogP contribution in [0.1, 0.15) is 12.8 Å². The van der Waals surface area contributed by atoms with Crippen molar-refractivity contribution in [2.24, 2.45) is 0 Å². The number of nitrogens with one attached hydrogen (secondary N) is 1. The molecule has 1 fully saturated rings. The highest BCUT2D eigenvalue weighted by molar-refractivity contribution is 7.93. The van der Waals surface area contributed by atoms with Crippen LogP contribution in [-0.2, 0) is 10.0 Å². The minimum absolute atomic E-state index is 0.180. The van der Waals surface area contributed by atoms with Gasteiger partial charge in [0.2, 0.25) is 10.0 Å². The Labute approximate surface area is 96.3 Å². The summed E-state index contributed by atoms with van der Waals surface area (Å²) in [6.07, 6.45) is 1.57. The molecule has 0 radical (unpaired) electrons. The van der Waals surface area contributed by atoms with Crippen LogP contribution < -0.4 is 9.62 Å². The third-order valence-corrected chi connectivity index (χ3v) is 4.48. The molecule has 1 aliphatic carbocycles. The summed E-state index contributed by atoms with van der Waals surface area (Å²) in [5.74, 6) is 0. The molecule has 1 saturated carbocycles. The summed E-state index contributed by atoms with van der Waals surface area (Å²) in [5, 5.41) is -0.180. The summed E-state index contributed by atoms with van der Waals surface area (Å²) < 4.78 is 25.9. The normalized spacial score (nSPS) is 15.9. The smallest absolute Gasteiger partial charge is 0.235 e. The van der Waals surface area contributed by atoms with E-state index in [4.69, 9.17) is 0 Å². The Hall–Kier alpha value is -1.23. The van der Waals surface area contributed by atoms with Crippen molar-refractivity contribution in [3.8, 4) is 0 Å². The topological polar surface area (TPSA) is 49.4 Å². The van der Waals surface area contributed by atoms with Gasteiger partial charge in [-0.05, 0) is 37.1 Å². The van der Waals surface area contributed by atoms with Crippen molar-refractivity contribution in [3.05, 3.63) is 24.3 Å². The van der Waals surface area contributed by atoms with E-state index in [9.17, 15) is 8.42 Å². The Morgan fingerprint density at radius 1 is 1.19 bits per heavy atom. The standard InChI is InChI=1S/C11H16N2O2S/c1-13(2)10-5-3-9(4-6-10)12-16(14,15)11-7-8-11/h3-6,11-12H,7-8H2,1-2H3. The van der Waals surface area contributed by atoms with Gasteiger partial charge in [0, 0.05) is 25.5 Å². The molecule has 0 atom stereocenters. The van der Waals surface area contributed by atoms with Crippen LogP contribution in [0.15, 0.2) is 24.3 Å². The van der Waals surface area contributed by atoms with Crippen molar-refractivity contribution >= 4 is 21.4 Å². The predicted octanol–water partition coefficient (Wildman–Crippen LogP) is 1.66. The largest absolute Gasteiger partial charge is 0.378 e. The van der Waals surface area contributed by atoms with Crippen LogP contribution in [0, 0.1) is 0 Å². The number of hydrogen-bond donors (Lipinski definition) is 1. The second-order valence-electron chi connectivity index (χ2n) is 4.29. The first-order valence-electron chi connectivity index (χ1n) is 5.28. The fraction of sp³-hybridized carbons (Fsp3) is 0.455. The Morgan fingerprint density at radius 2 is 1.75 bits per heavy atom. The third-order valence-electron chi connectivity index (χ3n) is 2.61. The third kappa shape index (κ3) is 2.47. The zero-order valence-corrected chi connectivity index (χ0v) is 10.3. The van der Waals surface area contributed by atoms with E-state index in [2.05, 4.69) is 4.72 Å². The average molecular weight is 240 g/mol.